The van der Waals surface area contributed by atoms with Crippen molar-refractivity contribution in [1.29, 1.82) is 0 Å². The molecule has 1 heterocycles. The van der Waals surface area contributed by atoms with Crippen molar-refractivity contribution in [1.82, 2.24) is 14.8 Å². The van der Waals surface area contributed by atoms with Crippen molar-refractivity contribution in [3.63, 3.8) is 0 Å². The Hall–Kier alpha value is -4.57. The summed E-state index contributed by atoms with van der Waals surface area (Å²) >= 11 is 0. The van der Waals surface area contributed by atoms with Gasteiger partial charge in [-0.3, -0.25) is 0 Å². The van der Waals surface area contributed by atoms with E-state index in [1.54, 1.807) is 62.4 Å². The fourth-order valence-electron chi connectivity index (χ4n) is 3.36. The Morgan fingerprint density at radius 1 is 0.833 bits per heavy atom. The number of amides is 2. The second-order valence-corrected chi connectivity index (χ2v) is 7.56. The van der Waals surface area contributed by atoms with Gasteiger partial charge in [0.2, 0.25) is 0 Å². The van der Waals surface area contributed by atoms with Crippen LogP contribution in [0.2, 0.25) is 0 Å². The lowest BCUT2D eigenvalue weighted by atomic mass is 10.2. The minimum absolute atomic E-state index is 0.234. The number of nitrogens with one attached hydrogen (secondary N) is 2. The summed E-state index contributed by atoms with van der Waals surface area (Å²) in [7, 11) is 4.79. The van der Waals surface area contributed by atoms with Gasteiger partial charge in [-0.05, 0) is 60.7 Å². The van der Waals surface area contributed by atoms with Crippen molar-refractivity contribution >= 4 is 17.4 Å². The summed E-state index contributed by atoms with van der Waals surface area (Å²) in [6.45, 7) is 0.748. The summed E-state index contributed by atoms with van der Waals surface area (Å²) in [6.07, 6.45) is 0. The van der Waals surface area contributed by atoms with Crippen molar-refractivity contribution in [2.24, 2.45) is 0 Å². The van der Waals surface area contributed by atoms with E-state index in [2.05, 4.69) is 20.7 Å². The number of methoxy groups -OCH3 is 3. The Kier molecular flexibility index (Phi) is 7.99. The lowest BCUT2D eigenvalue weighted by molar-refractivity contribution is 0.141. The molecule has 0 saturated carbocycles. The van der Waals surface area contributed by atoms with Crippen molar-refractivity contribution in [2.75, 3.05) is 45.2 Å². The van der Waals surface area contributed by atoms with E-state index in [-0.39, 0.29) is 12.0 Å². The number of carbonyl (C=O) groups is 1. The first-order valence-corrected chi connectivity index (χ1v) is 11.2. The number of aromatic nitrogens is 3. The van der Waals surface area contributed by atoms with Crippen LogP contribution in [0.25, 0.3) is 17.1 Å². The lowest BCUT2D eigenvalue weighted by Gasteiger charge is -2.10. The molecule has 4 rings (SSSR count). The molecule has 0 radical (unpaired) electrons. The number of hydrogen-bond donors (Lipinski definition) is 2. The molecule has 2 amide bonds. The van der Waals surface area contributed by atoms with Gasteiger partial charge in [0.15, 0.2) is 5.82 Å². The van der Waals surface area contributed by atoms with Crippen molar-refractivity contribution in [3.8, 4) is 34.6 Å². The highest BCUT2D eigenvalue weighted by atomic mass is 16.5. The molecule has 0 aliphatic heterocycles. The van der Waals surface area contributed by atoms with Crippen LogP contribution in [0.5, 0.6) is 17.5 Å². The van der Waals surface area contributed by atoms with Gasteiger partial charge in [0.05, 0.1) is 26.5 Å². The maximum absolute atomic E-state index is 12.4. The highest BCUT2D eigenvalue weighted by molar-refractivity contribution is 5.99. The van der Waals surface area contributed by atoms with Crippen molar-refractivity contribution in [2.45, 2.75) is 0 Å². The second kappa shape index (κ2) is 11.7. The van der Waals surface area contributed by atoms with Gasteiger partial charge in [0.1, 0.15) is 18.1 Å². The van der Waals surface area contributed by atoms with Crippen LogP contribution in [0.3, 0.4) is 0 Å². The molecule has 10 heteroatoms. The molecule has 1 aromatic heterocycles. The van der Waals surface area contributed by atoms with E-state index < -0.39 is 0 Å². The van der Waals surface area contributed by atoms with Crippen LogP contribution in [0.15, 0.2) is 72.8 Å². The van der Waals surface area contributed by atoms with Crippen LogP contribution in [0.4, 0.5) is 16.2 Å². The zero-order valence-corrected chi connectivity index (χ0v) is 20.2. The first-order chi connectivity index (χ1) is 17.6. The lowest BCUT2D eigenvalue weighted by Crippen LogP contribution is -2.19. The molecule has 0 bridgehead atoms. The fourth-order valence-corrected chi connectivity index (χ4v) is 3.36. The molecule has 10 nitrogen and oxygen atoms in total. The number of urea groups is 1. The Bertz CT molecular complexity index is 1290. The van der Waals surface area contributed by atoms with E-state index in [1.165, 1.54) is 0 Å². The van der Waals surface area contributed by atoms with E-state index in [4.69, 9.17) is 18.9 Å². The Morgan fingerprint density at radius 3 is 2.25 bits per heavy atom. The van der Waals surface area contributed by atoms with E-state index in [9.17, 15) is 4.79 Å². The third kappa shape index (κ3) is 6.10. The number of ether oxygens (including phenoxy) is 4. The quantitative estimate of drug-likeness (QED) is 0.313. The third-order valence-corrected chi connectivity index (χ3v) is 5.15. The number of carbonyl (C=O) groups excluding carboxylic acids is 1. The number of hydrogen-bond acceptors (Lipinski definition) is 7. The van der Waals surface area contributed by atoms with Gasteiger partial charge in [-0.25, -0.2) is 9.48 Å². The largest absolute Gasteiger partial charge is 0.497 e. The average Bonchev–Trinajstić information content (AvgIpc) is 3.33. The van der Waals surface area contributed by atoms with Crippen LogP contribution >= 0.6 is 0 Å². The molecule has 0 saturated heterocycles. The number of anilines is 2. The van der Waals surface area contributed by atoms with Crippen molar-refractivity contribution < 1.29 is 23.7 Å². The molecule has 0 aliphatic carbocycles. The monoisotopic (exact) mass is 489 g/mol. The Morgan fingerprint density at radius 2 is 1.56 bits per heavy atom. The summed E-state index contributed by atoms with van der Waals surface area (Å²) in [5, 5.41) is 10.1. The van der Waals surface area contributed by atoms with Crippen LogP contribution in [-0.2, 0) is 4.74 Å². The molecule has 0 unspecified atom stereocenters. The molecule has 0 spiro atoms. The molecule has 186 valence electrons. The van der Waals surface area contributed by atoms with E-state index in [0.717, 1.165) is 17.0 Å². The van der Waals surface area contributed by atoms with E-state index in [1.807, 2.05) is 36.4 Å². The molecule has 0 atom stereocenters. The third-order valence-electron chi connectivity index (χ3n) is 5.15. The summed E-state index contributed by atoms with van der Waals surface area (Å²) < 4.78 is 22.8. The highest BCUT2D eigenvalue weighted by Gasteiger charge is 2.15. The van der Waals surface area contributed by atoms with Crippen LogP contribution < -0.4 is 24.8 Å². The zero-order valence-electron chi connectivity index (χ0n) is 20.2. The van der Waals surface area contributed by atoms with Gasteiger partial charge < -0.3 is 29.6 Å². The van der Waals surface area contributed by atoms with Gasteiger partial charge in [-0.2, -0.15) is 4.98 Å². The minimum Gasteiger partial charge on any atom is -0.497 e. The number of benzene rings is 3. The first-order valence-electron chi connectivity index (χ1n) is 11.2. The number of rotatable bonds is 10. The predicted octanol–water partition coefficient (Wildman–Crippen LogP) is 4.62. The Balaban J connectivity index is 1.52. The standard InChI is InChI=1S/C26H27N5O5/c1-33-15-16-36-26-29-24(18-7-13-22(34-2)14-8-18)31(30-26)21-11-9-19(10-12-21)27-25(32)28-20-5-4-6-23(17-20)35-3/h4-14,17H,15-16H2,1-3H3,(H2,27,28,32). The maximum Gasteiger partial charge on any atom is 0.336 e. The molecule has 0 fully saturated rings. The predicted molar refractivity (Wildman–Crippen MR) is 136 cm³/mol. The molecule has 0 aliphatic rings. The first kappa shape index (κ1) is 24.6. The summed E-state index contributed by atoms with van der Waals surface area (Å²) in [6, 6.07) is 21.7. The highest BCUT2D eigenvalue weighted by Crippen LogP contribution is 2.26. The fraction of sp³-hybridized carbons (Fsp3) is 0.192. The van der Waals surface area contributed by atoms with Gasteiger partial charge in [-0.1, -0.05) is 6.07 Å². The normalized spacial score (nSPS) is 10.5. The summed E-state index contributed by atoms with van der Waals surface area (Å²) in [4.78, 5) is 17.0. The van der Waals surface area contributed by atoms with Crippen LogP contribution in [0.1, 0.15) is 0 Å². The van der Waals surface area contributed by atoms with Crippen molar-refractivity contribution in [3.05, 3.63) is 72.8 Å². The molecule has 3 aromatic carbocycles. The molecular weight excluding hydrogens is 462 g/mol. The molecule has 2 N–H and O–H groups in total. The molecular formula is C26H27N5O5. The van der Waals surface area contributed by atoms with E-state index >= 15 is 0 Å². The summed E-state index contributed by atoms with van der Waals surface area (Å²) in [5.41, 5.74) is 2.82. The topological polar surface area (TPSA) is 109 Å². The average molecular weight is 490 g/mol. The van der Waals surface area contributed by atoms with Gasteiger partial charge >= 0.3 is 12.0 Å². The van der Waals surface area contributed by atoms with Gasteiger partial charge in [0, 0.05) is 30.1 Å². The SMILES string of the molecule is COCCOc1nc(-c2ccc(OC)cc2)n(-c2ccc(NC(=O)Nc3cccc(OC)c3)cc2)n1. The minimum atomic E-state index is -0.371. The van der Waals surface area contributed by atoms with Crippen LogP contribution in [-0.4, -0.2) is 55.3 Å². The molecule has 4 aromatic rings. The van der Waals surface area contributed by atoms with E-state index in [0.29, 0.717) is 36.2 Å². The maximum atomic E-state index is 12.4. The van der Waals surface area contributed by atoms with Crippen LogP contribution in [0, 0.1) is 0 Å². The zero-order chi connectivity index (χ0) is 25.3. The number of nitrogens with zero attached hydrogens (tertiary/aromatic N) is 3. The summed E-state index contributed by atoms with van der Waals surface area (Å²) in [5.74, 6) is 1.99. The second-order valence-electron chi connectivity index (χ2n) is 7.56. The van der Waals surface area contributed by atoms with Gasteiger partial charge in [-0.15, -0.1) is 5.10 Å². The van der Waals surface area contributed by atoms with Gasteiger partial charge in [0.25, 0.3) is 0 Å². The Labute approximate surface area is 208 Å². The smallest absolute Gasteiger partial charge is 0.336 e. The molecule has 36 heavy (non-hydrogen) atoms.